The van der Waals surface area contributed by atoms with Gasteiger partial charge < -0.3 is 5.32 Å². The Morgan fingerprint density at radius 2 is 1.86 bits per heavy atom. The van der Waals surface area contributed by atoms with Crippen LogP contribution in [0.1, 0.15) is 45.2 Å². The molecule has 144 valence electrons. The van der Waals surface area contributed by atoms with Crippen molar-refractivity contribution in [3.05, 3.63) is 69.9 Å². The van der Waals surface area contributed by atoms with Crippen LogP contribution in [0.15, 0.2) is 36.4 Å². The van der Waals surface area contributed by atoms with E-state index in [-0.39, 0.29) is 5.91 Å². The minimum Gasteiger partial charge on any atom is -0.321 e. The maximum absolute atomic E-state index is 13.5. The van der Waals surface area contributed by atoms with Gasteiger partial charge in [0.15, 0.2) is 0 Å². The summed E-state index contributed by atoms with van der Waals surface area (Å²) in [7, 11) is 0. The van der Waals surface area contributed by atoms with E-state index in [1.54, 1.807) is 0 Å². The number of fused-ring (bicyclic) bond motifs is 2. The average molecular weight is 374 g/mol. The van der Waals surface area contributed by atoms with Crippen LogP contribution in [0.2, 0.25) is 0 Å². The van der Waals surface area contributed by atoms with E-state index in [2.05, 4.69) is 50.0 Å². The fourth-order valence-corrected chi connectivity index (χ4v) is 4.33. The first-order valence-electron chi connectivity index (χ1n) is 10.00. The Kier molecular flexibility index (Phi) is 4.90. The van der Waals surface area contributed by atoms with Gasteiger partial charge in [0.1, 0.15) is 0 Å². The van der Waals surface area contributed by atoms with E-state index >= 15 is 0 Å². The van der Waals surface area contributed by atoms with E-state index in [9.17, 15) is 4.79 Å². The molecule has 0 aliphatic carbocycles. The molecule has 0 saturated carbocycles. The molecule has 2 aromatic carbocycles. The van der Waals surface area contributed by atoms with Gasteiger partial charge in [-0.1, -0.05) is 42.8 Å². The number of para-hydroxylation sites is 1. The zero-order valence-corrected chi connectivity index (χ0v) is 17.1. The van der Waals surface area contributed by atoms with E-state index in [1.165, 1.54) is 5.56 Å². The molecule has 3 aromatic rings. The standard InChI is InChI=1S/C24H27N3O/c1-5-27-11-10-21-19(14-27)22(18-8-6-7-9-20(18)25-21)24(28)26-23-16(3)12-15(2)13-17(23)4/h6-9,12-13H,5,10-11,14H2,1-4H3,(H,26,28). The molecule has 1 aliphatic heterocycles. The molecule has 0 saturated heterocycles. The highest BCUT2D eigenvalue weighted by Crippen LogP contribution is 2.30. The first-order valence-corrected chi connectivity index (χ1v) is 10.00. The third-order valence-corrected chi connectivity index (χ3v) is 5.72. The molecule has 1 aromatic heterocycles. The summed E-state index contributed by atoms with van der Waals surface area (Å²) in [5.74, 6) is -0.0390. The molecule has 1 amide bonds. The van der Waals surface area contributed by atoms with E-state index in [4.69, 9.17) is 4.98 Å². The highest BCUT2D eigenvalue weighted by atomic mass is 16.1. The van der Waals surface area contributed by atoms with Crippen molar-refractivity contribution in [2.24, 2.45) is 0 Å². The van der Waals surface area contributed by atoms with E-state index in [0.717, 1.165) is 70.6 Å². The van der Waals surface area contributed by atoms with Gasteiger partial charge in [-0.3, -0.25) is 14.7 Å². The number of rotatable bonds is 3. The van der Waals surface area contributed by atoms with Gasteiger partial charge in [-0.05, 0) is 44.5 Å². The Morgan fingerprint density at radius 3 is 2.57 bits per heavy atom. The molecule has 4 rings (SSSR count). The smallest absolute Gasteiger partial charge is 0.256 e. The molecule has 0 fully saturated rings. The number of amides is 1. The number of carbonyl (C=O) groups is 1. The van der Waals surface area contributed by atoms with Gasteiger partial charge in [0.05, 0.1) is 11.1 Å². The topological polar surface area (TPSA) is 45.2 Å². The second-order valence-corrected chi connectivity index (χ2v) is 7.78. The molecule has 1 aliphatic rings. The van der Waals surface area contributed by atoms with Crippen LogP contribution in [0.3, 0.4) is 0 Å². The SMILES string of the molecule is CCN1CCc2nc3ccccc3c(C(=O)Nc3c(C)cc(C)cc3C)c2C1. The number of pyridine rings is 1. The molecular weight excluding hydrogens is 346 g/mol. The summed E-state index contributed by atoms with van der Waals surface area (Å²) < 4.78 is 0. The second-order valence-electron chi connectivity index (χ2n) is 7.78. The summed E-state index contributed by atoms with van der Waals surface area (Å²) in [6, 6.07) is 12.2. The summed E-state index contributed by atoms with van der Waals surface area (Å²) in [4.78, 5) is 20.8. The first kappa shape index (κ1) is 18.6. The molecule has 1 N–H and O–H groups in total. The quantitative estimate of drug-likeness (QED) is 0.718. The number of nitrogens with one attached hydrogen (secondary N) is 1. The molecule has 0 spiro atoms. The lowest BCUT2D eigenvalue weighted by atomic mass is 9.95. The number of aromatic nitrogens is 1. The third-order valence-electron chi connectivity index (χ3n) is 5.72. The van der Waals surface area contributed by atoms with Crippen LogP contribution in [0.4, 0.5) is 5.69 Å². The molecule has 4 heteroatoms. The number of likely N-dealkylation sites (N-methyl/N-ethyl adjacent to an activating group) is 1. The zero-order valence-electron chi connectivity index (χ0n) is 17.1. The zero-order chi connectivity index (χ0) is 19.8. The summed E-state index contributed by atoms with van der Waals surface area (Å²) in [6.07, 6.45) is 0.886. The minimum atomic E-state index is -0.0390. The lowest BCUT2D eigenvalue weighted by Crippen LogP contribution is -2.33. The fraction of sp³-hybridized carbons (Fsp3) is 0.333. The van der Waals surface area contributed by atoms with Gasteiger partial charge >= 0.3 is 0 Å². The summed E-state index contributed by atoms with van der Waals surface area (Å²) in [6.45, 7) is 11.1. The number of nitrogens with zero attached hydrogens (tertiary/aromatic N) is 2. The van der Waals surface area contributed by atoms with E-state index in [1.807, 2.05) is 24.3 Å². The van der Waals surface area contributed by atoms with Gasteiger partial charge in [0.25, 0.3) is 5.91 Å². The first-order chi connectivity index (χ1) is 13.5. The Hall–Kier alpha value is -2.72. The maximum atomic E-state index is 13.5. The van der Waals surface area contributed by atoms with E-state index < -0.39 is 0 Å². The molecule has 0 bridgehead atoms. The Labute approximate surface area is 166 Å². The fourth-order valence-electron chi connectivity index (χ4n) is 4.33. The molecule has 28 heavy (non-hydrogen) atoms. The lowest BCUT2D eigenvalue weighted by Gasteiger charge is -2.29. The van der Waals surface area contributed by atoms with Gasteiger partial charge in [-0.15, -0.1) is 0 Å². The van der Waals surface area contributed by atoms with Gasteiger partial charge in [-0.25, -0.2) is 0 Å². The van der Waals surface area contributed by atoms with Crippen LogP contribution in [-0.4, -0.2) is 28.9 Å². The third kappa shape index (κ3) is 3.29. The maximum Gasteiger partial charge on any atom is 0.256 e. The minimum absolute atomic E-state index is 0.0390. The molecule has 0 unspecified atom stereocenters. The predicted octanol–water partition coefficient (Wildman–Crippen LogP) is 4.79. The van der Waals surface area contributed by atoms with Crippen LogP contribution >= 0.6 is 0 Å². The number of carbonyl (C=O) groups excluding carboxylic acids is 1. The average Bonchev–Trinajstić information content (AvgIpc) is 2.68. The van der Waals surface area contributed by atoms with Crippen LogP contribution < -0.4 is 5.32 Å². The van der Waals surface area contributed by atoms with Gasteiger partial charge in [0, 0.05) is 41.8 Å². The summed E-state index contributed by atoms with van der Waals surface area (Å²) in [5.41, 5.74) is 8.11. The normalized spacial score (nSPS) is 14.1. The Balaban J connectivity index is 1.84. The largest absolute Gasteiger partial charge is 0.321 e. The number of hydrogen-bond donors (Lipinski definition) is 1. The molecule has 4 nitrogen and oxygen atoms in total. The molecular formula is C24H27N3O. The molecule has 0 atom stereocenters. The van der Waals surface area contributed by atoms with Crippen LogP contribution in [0.25, 0.3) is 10.9 Å². The summed E-state index contributed by atoms with van der Waals surface area (Å²) in [5, 5.41) is 4.14. The Morgan fingerprint density at radius 1 is 1.14 bits per heavy atom. The van der Waals surface area contributed by atoms with Crippen molar-refractivity contribution in [2.75, 3.05) is 18.4 Å². The number of anilines is 1. The lowest BCUT2D eigenvalue weighted by molar-refractivity contribution is 0.102. The second kappa shape index (κ2) is 7.36. The Bertz CT molecular complexity index is 1050. The molecule has 0 radical (unpaired) electrons. The number of benzene rings is 2. The van der Waals surface area contributed by atoms with Crippen molar-refractivity contribution in [1.82, 2.24) is 9.88 Å². The number of aryl methyl sites for hydroxylation is 3. The van der Waals surface area contributed by atoms with E-state index in [0.29, 0.717) is 0 Å². The number of hydrogen-bond acceptors (Lipinski definition) is 3. The van der Waals surface area contributed by atoms with Crippen molar-refractivity contribution in [1.29, 1.82) is 0 Å². The van der Waals surface area contributed by atoms with Gasteiger partial charge in [0.2, 0.25) is 0 Å². The van der Waals surface area contributed by atoms with Crippen LogP contribution in [-0.2, 0) is 13.0 Å². The monoisotopic (exact) mass is 373 g/mol. The van der Waals surface area contributed by atoms with Crippen molar-refractivity contribution in [3.8, 4) is 0 Å². The van der Waals surface area contributed by atoms with Crippen molar-refractivity contribution in [2.45, 2.75) is 40.7 Å². The van der Waals surface area contributed by atoms with Gasteiger partial charge in [-0.2, -0.15) is 0 Å². The highest BCUT2D eigenvalue weighted by Gasteiger charge is 2.25. The van der Waals surface area contributed by atoms with Crippen LogP contribution in [0.5, 0.6) is 0 Å². The van der Waals surface area contributed by atoms with Crippen molar-refractivity contribution >= 4 is 22.5 Å². The predicted molar refractivity (Wildman–Crippen MR) is 115 cm³/mol. The van der Waals surface area contributed by atoms with Crippen molar-refractivity contribution < 1.29 is 4.79 Å². The van der Waals surface area contributed by atoms with Crippen molar-refractivity contribution in [3.63, 3.8) is 0 Å². The summed E-state index contributed by atoms with van der Waals surface area (Å²) >= 11 is 0. The highest BCUT2D eigenvalue weighted by molar-refractivity contribution is 6.14. The van der Waals surface area contributed by atoms with Crippen LogP contribution in [0, 0.1) is 20.8 Å². The molecule has 2 heterocycles.